The van der Waals surface area contributed by atoms with E-state index in [-0.39, 0.29) is 6.79 Å². The number of hydrogen-bond acceptors (Lipinski definition) is 5. The number of ether oxygens (including phenoxy) is 3. The summed E-state index contributed by atoms with van der Waals surface area (Å²) in [5.74, 6) is 1.84. The highest BCUT2D eigenvalue weighted by molar-refractivity contribution is 5.69. The second-order valence-corrected chi connectivity index (χ2v) is 6.18. The minimum Gasteiger partial charge on any atom is -0.508 e. The SMILES string of the molecule is Oc1ccc(-c2ccc3c(c2)OCO3)cc1CNC[C@H]1CCCO1. The van der Waals surface area contributed by atoms with E-state index in [1.807, 2.05) is 30.3 Å². The smallest absolute Gasteiger partial charge is 0.231 e. The van der Waals surface area contributed by atoms with E-state index in [0.29, 0.717) is 18.4 Å². The number of benzene rings is 2. The third kappa shape index (κ3) is 3.18. The Kier molecular flexibility index (Phi) is 4.28. The number of aromatic hydroxyl groups is 1. The van der Waals surface area contributed by atoms with Crippen LogP contribution in [-0.2, 0) is 11.3 Å². The van der Waals surface area contributed by atoms with Gasteiger partial charge in [0.1, 0.15) is 5.75 Å². The molecule has 4 rings (SSSR count). The average molecular weight is 327 g/mol. The predicted molar refractivity (Wildman–Crippen MR) is 90.3 cm³/mol. The lowest BCUT2D eigenvalue weighted by Crippen LogP contribution is -2.25. The highest BCUT2D eigenvalue weighted by atomic mass is 16.7. The molecule has 0 saturated carbocycles. The summed E-state index contributed by atoms with van der Waals surface area (Å²) in [5, 5.41) is 13.5. The summed E-state index contributed by atoms with van der Waals surface area (Å²) in [7, 11) is 0. The van der Waals surface area contributed by atoms with E-state index in [4.69, 9.17) is 14.2 Å². The minimum atomic E-state index is 0.271. The van der Waals surface area contributed by atoms with Gasteiger partial charge in [0.2, 0.25) is 6.79 Å². The van der Waals surface area contributed by atoms with E-state index in [1.165, 1.54) is 0 Å². The van der Waals surface area contributed by atoms with Gasteiger partial charge in [-0.15, -0.1) is 0 Å². The lowest BCUT2D eigenvalue weighted by molar-refractivity contribution is 0.110. The molecule has 2 aromatic rings. The van der Waals surface area contributed by atoms with E-state index in [1.54, 1.807) is 6.07 Å². The van der Waals surface area contributed by atoms with Crippen molar-refractivity contribution >= 4 is 0 Å². The maximum Gasteiger partial charge on any atom is 0.231 e. The highest BCUT2D eigenvalue weighted by Crippen LogP contribution is 2.36. The maximum absolute atomic E-state index is 10.1. The molecule has 2 N–H and O–H groups in total. The molecular formula is C19H21NO4. The van der Waals surface area contributed by atoms with E-state index < -0.39 is 0 Å². The van der Waals surface area contributed by atoms with Crippen molar-refractivity contribution < 1.29 is 19.3 Å². The van der Waals surface area contributed by atoms with Gasteiger partial charge in [0.25, 0.3) is 0 Å². The molecule has 0 spiro atoms. The number of rotatable bonds is 5. The van der Waals surface area contributed by atoms with Gasteiger partial charge in [-0.3, -0.25) is 0 Å². The Hall–Kier alpha value is -2.24. The zero-order valence-corrected chi connectivity index (χ0v) is 13.5. The summed E-state index contributed by atoms with van der Waals surface area (Å²) in [6.45, 7) is 2.56. The fourth-order valence-corrected chi connectivity index (χ4v) is 3.16. The third-order valence-electron chi connectivity index (χ3n) is 4.50. The molecule has 2 aliphatic heterocycles. The van der Waals surface area contributed by atoms with Gasteiger partial charge >= 0.3 is 0 Å². The van der Waals surface area contributed by atoms with Crippen molar-refractivity contribution in [2.45, 2.75) is 25.5 Å². The van der Waals surface area contributed by atoms with Crippen LogP contribution >= 0.6 is 0 Å². The Bertz CT molecular complexity index is 725. The molecule has 0 unspecified atom stereocenters. The Labute approximate surface area is 141 Å². The molecule has 126 valence electrons. The van der Waals surface area contributed by atoms with Gasteiger partial charge < -0.3 is 24.6 Å². The quantitative estimate of drug-likeness (QED) is 0.884. The Balaban J connectivity index is 1.48. The molecule has 5 heteroatoms. The first-order valence-corrected chi connectivity index (χ1v) is 8.34. The lowest BCUT2D eigenvalue weighted by atomic mass is 10.0. The number of hydrogen-bond donors (Lipinski definition) is 2. The van der Waals surface area contributed by atoms with Crippen molar-refractivity contribution in [3.8, 4) is 28.4 Å². The van der Waals surface area contributed by atoms with Gasteiger partial charge in [0, 0.05) is 25.3 Å². The number of phenolic OH excluding ortho intramolecular Hbond substituents is 1. The normalized spacial score (nSPS) is 18.9. The monoisotopic (exact) mass is 327 g/mol. The summed E-state index contributed by atoms with van der Waals surface area (Å²) in [5.41, 5.74) is 2.96. The van der Waals surface area contributed by atoms with E-state index in [9.17, 15) is 5.11 Å². The summed E-state index contributed by atoms with van der Waals surface area (Å²) in [6.07, 6.45) is 2.54. The molecule has 1 saturated heterocycles. The minimum absolute atomic E-state index is 0.271. The van der Waals surface area contributed by atoms with Gasteiger partial charge in [-0.25, -0.2) is 0 Å². The van der Waals surface area contributed by atoms with Crippen LogP contribution in [0.5, 0.6) is 17.2 Å². The number of fused-ring (bicyclic) bond motifs is 1. The molecule has 1 atom stereocenters. The Morgan fingerprint density at radius 1 is 1.04 bits per heavy atom. The van der Waals surface area contributed by atoms with Crippen LogP contribution in [0.2, 0.25) is 0 Å². The molecule has 0 radical (unpaired) electrons. The standard InChI is InChI=1S/C19H21NO4/c21-17-5-3-13(14-4-6-18-19(9-14)24-12-23-18)8-15(17)10-20-11-16-2-1-7-22-16/h3-6,8-9,16,20-21H,1-2,7,10-12H2/t16-/m1/s1. The van der Waals surface area contributed by atoms with Crippen molar-refractivity contribution in [3.05, 3.63) is 42.0 Å². The van der Waals surface area contributed by atoms with Crippen LogP contribution in [0, 0.1) is 0 Å². The first-order valence-electron chi connectivity index (χ1n) is 8.34. The van der Waals surface area contributed by atoms with Gasteiger partial charge in [0.05, 0.1) is 6.10 Å². The fourth-order valence-electron chi connectivity index (χ4n) is 3.16. The first kappa shape index (κ1) is 15.3. The molecule has 0 aliphatic carbocycles. The molecule has 2 heterocycles. The van der Waals surface area contributed by atoms with E-state index >= 15 is 0 Å². The van der Waals surface area contributed by atoms with Crippen LogP contribution in [-0.4, -0.2) is 31.2 Å². The second-order valence-electron chi connectivity index (χ2n) is 6.18. The molecule has 24 heavy (non-hydrogen) atoms. The van der Waals surface area contributed by atoms with Crippen LogP contribution < -0.4 is 14.8 Å². The van der Waals surface area contributed by atoms with Crippen molar-refractivity contribution in [1.29, 1.82) is 0 Å². The highest BCUT2D eigenvalue weighted by Gasteiger charge is 2.16. The van der Waals surface area contributed by atoms with Crippen molar-refractivity contribution in [2.75, 3.05) is 19.9 Å². The van der Waals surface area contributed by atoms with Gasteiger partial charge in [-0.2, -0.15) is 0 Å². The second kappa shape index (κ2) is 6.71. The largest absolute Gasteiger partial charge is 0.508 e. The van der Waals surface area contributed by atoms with Crippen LogP contribution in [0.25, 0.3) is 11.1 Å². The van der Waals surface area contributed by atoms with Gasteiger partial charge in [0.15, 0.2) is 11.5 Å². The van der Waals surface area contributed by atoms with E-state index in [2.05, 4.69) is 5.32 Å². The van der Waals surface area contributed by atoms with Crippen molar-refractivity contribution in [2.24, 2.45) is 0 Å². The summed E-state index contributed by atoms with van der Waals surface area (Å²) in [4.78, 5) is 0. The lowest BCUT2D eigenvalue weighted by Gasteiger charge is -2.13. The Morgan fingerprint density at radius 3 is 2.75 bits per heavy atom. The van der Waals surface area contributed by atoms with Crippen LogP contribution in [0.3, 0.4) is 0 Å². The molecule has 2 aliphatic rings. The average Bonchev–Trinajstić information content (AvgIpc) is 3.27. The zero-order chi connectivity index (χ0) is 16.4. The first-order chi connectivity index (χ1) is 11.8. The van der Waals surface area contributed by atoms with Crippen LogP contribution in [0.4, 0.5) is 0 Å². The van der Waals surface area contributed by atoms with Crippen molar-refractivity contribution in [1.82, 2.24) is 5.32 Å². The molecule has 0 bridgehead atoms. The van der Waals surface area contributed by atoms with Crippen molar-refractivity contribution in [3.63, 3.8) is 0 Å². The molecule has 0 amide bonds. The van der Waals surface area contributed by atoms with E-state index in [0.717, 1.165) is 54.2 Å². The predicted octanol–water partition coefficient (Wildman–Crippen LogP) is 3.06. The molecule has 0 aromatic heterocycles. The van der Waals surface area contributed by atoms with Gasteiger partial charge in [-0.05, 0) is 48.2 Å². The van der Waals surface area contributed by atoms with Crippen LogP contribution in [0.1, 0.15) is 18.4 Å². The molecule has 2 aromatic carbocycles. The third-order valence-corrected chi connectivity index (χ3v) is 4.50. The molecule has 1 fully saturated rings. The molecule has 5 nitrogen and oxygen atoms in total. The number of phenols is 1. The van der Waals surface area contributed by atoms with Crippen LogP contribution in [0.15, 0.2) is 36.4 Å². The number of nitrogens with one attached hydrogen (secondary N) is 1. The summed E-state index contributed by atoms with van der Waals surface area (Å²) < 4.78 is 16.4. The Morgan fingerprint density at radius 2 is 1.88 bits per heavy atom. The van der Waals surface area contributed by atoms with Gasteiger partial charge in [-0.1, -0.05) is 12.1 Å². The molecular weight excluding hydrogens is 306 g/mol. The zero-order valence-electron chi connectivity index (χ0n) is 13.5. The summed E-state index contributed by atoms with van der Waals surface area (Å²) >= 11 is 0. The maximum atomic E-state index is 10.1. The summed E-state index contributed by atoms with van der Waals surface area (Å²) in [6, 6.07) is 11.6. The topological polar surface area (TPSA) is 60.0 Å². The fraction of sp³-hybridized carbons (Fsp3) is 0.368.